The van der Waals surface area contributed by atoms with Crippen LogP contribution in [0.15, 0.2) is 54.9 Å². The molecule has 0 bridgehead atoms. The summed E-state index contributed by atoms with van der Waals surface area (Å²) in [5, 5.41) is 11.1. The molecular formula is C24H27N5O2. The summed E-state index contributed by atoms with van der Waals surface area (Å²) in [4.78, 5) is 13.9. The molecule has 1 saturated heterocycles. The van der Waals surface area contributed by atoms with Gasteiger partial charge in [-0.05, 0) is 38.7 Å². The summed E-state index contributed by atoms with van der Waals surface area (Å²) in [6, 6.07) is 14.3. The van der Waals surface area contributed by atoms with E-state index in [0.717, 1.165) is 58.9 Å². The highest BCUT2D eigenvalue weighted by atomic mass is 16.5. The van der Waals surface area contributed by atoms with Crippen molar-refractivity contribution in [1.29, 1.82) is 0 Å². The van der Waals surface area contributed by atoms with Crippen molar-refractivity contribution in [2.24, 2.45) is 0 Å². The third-order valence-electron chi connectivity index (χ3n) is 5.76. The average molecular weight is 418 g/mol. The number of fused-ring (bicyclic) bond motifs is 2. The monoisotopic (exact) mass is 417 g/mol. The first-order chi connectivity index (χ1) is 15.1. The first kappa shape index (κ1) is 19.8. The van der Waals surface area contributed by atoms with Gasteiger partial charge in [0.15, 0.2) is 0 Å². The Balaban J connectivity index is 1.49. The normalized spacial score (nSPS) is 16.6. The molecule has 1 unspecified atom stereocenters. The number of aromatic nitrogens is 3. The van der Waals surface area contributed by atoms with E-state index in [2.05, 4.69) is 39.0 Å². The number of hydrogen-bond acceptors (Lipinski definition) is 6. The summed E-state index contributed by atoms with van der Waals surface area (Å²) < 4.78 is 7.88. The smallest absolute Gasteiger partial charge is 0.140 e. The van der Waals surface area contributed by atoms with E-state index in [9.17, 15) is 5.11 Å². The molecule has 0 amide bonds. The van der Waals surface area contributed by atoms with Crippen LogP contribution >= 0.6 is 0 Å². The van der Waals surface area contributed by atoms with Crippen LogP contribution < -0.4 is 9.64 Å². The number of imidazole rings is 1. The van der Waals surface area contributed by atoms with Gasteiger partial charge in [-0.2, -0.15) is 0 Å². The van der Waals surface area contributed by atoms with Crippen molar-refractivity contribution in [3.05, 3.63) is 54.9 Å². The van der Waals surface area contributed by atoms with Crippen molar-refractivity contribution in [2.45, 2.75) is 12.5 Å². The molecular weight excluding hydrogens is 390 g/mol. The molecule has 31 heavy (non-hydrogen) atoms. The Kier molecular flexibility index (Phi) is 5.21. The topological polar surface area (TPSA) is 66.1 Å². The maximum absolute atomic E-state index is 9.97. The molecule has 3 aromatic heterocycles. The number of ether oxygens (including phenoxy) is 1. The third kappa shape index (κ3) is 3.94. The number of aliphatic hydroxyl groups excluding tert-OH is 1. The number of nitrogens with zero attached hydrogens (tertiary/aromatic N) is 5. The van der Waals surface area contributed by atoms with Crippen molar-refractivity contribution in [2.75, 3.05) is 45.2 Å². The first-order valence-electron chi connectivity index (χ1n) is 10.7. The second-order valence-corrected chi connectivity index (χ2v) is 8.32. The first-order valence-corrected chi connectivity index (χ1v) is 10.7. The van der Waals surface area contributed by atoms with Gasteiger partial charge in [-0.25, -0.2) is 9.97 Å². The number of aliphatic hydroxyl groups is 1. The lowest BCUT2D eigenvalue weighted by molar-refractivity contribution is 0.198. The summed E-state index contributed by atoms with van der Waals surface area (Å²) in [6.07, 6.45) is 4.36. The minimum Gasteiger partial charge on any atom is -0.492 e. The molecule has 7 nitrogen and oxygen atoms in total. The highest BCUT2D eigenvalue weighted by Gasteiger charge is 2.22. The quantitative estimate of drug-likeness (QED) is 0.520. The summed E-state index contributed by atoms with van der Waals surface area (Å²) in [5.41, 5.74) is 4.66. The number of hydrogen-bond donors (Lipinski definition) is 1. The molecule has 4 aromatic rings. The van der Waals surface area contributed by atoms with E-state index in [-0.39, 0.29) is 6.10 Å². The summed E-state index contributed by atoms with van der Waals surface area (Å²) in [5.74, 6) is 0.813. The van der Waals surface area contributed by atoms with E-state index < -0.39 is 0 Å². The Hall–Kier alpha value is -3.16. The number of likely N-dealkylation sites (N-methyl/N-ethyl adjacent to an activating group) is 1. The highest BCUT2D eigenvalue weighted by Crippen LogP contribution is 2.31. The van der Waals surface area contributed by atoms with E-state index in [1.54, 1.807) is 0 Å². The molecule has 0 saturated carbocycles. The van der Waals surface area contributed by atoms with Crippen molar-refractivity contribution in [3.63, 3.8) is 0 Å². The van der Waals surface area contributed by atoms with E-state index in [0.29, 0.717) is 13.2 Å². The zero-order chi connectivity index (χ0) is 21.4. The highest BCUT2D eigenvalue weighted by molar-refractivity contribution is 5.92. The van der Waals surface area contributed by atoms with Crippen LogP contribution in [0, 0.1) is 0 Å². The Morgan fingerprint density at radius 1 is 1.19 bits per heavy atom. The third-order valence-corrected chi connectivity index (χ3v) is 5.76. The standard InChI is InChI=1S/C24H27N5O2/c1-27(2)12-13-31-19-9-11-29-22(15-25-23(29)14-19)20-7-6-17-4-3-5-21(24(17)26-20)28-10-8-18(30)16-28/h3-7,9,11,14-15,18,30H,8,10,12-13,16H2,1-2H3. The van der Waals surface area contributed by atoms with Crippen molar-refractivity contribution >= 4 is 22.2 Å². The molecule has 1 aliphatic heterocycles. The van der Waals surface area contributed by atoms with E-state index in [1.165, 1.54) is 0 Å². The predicted molar refractivity (Wildman–Crippen MR) is 123 cm³/mol. The Morgan fingerprint density at radius 3 is 2.90 bits per heavy atom. The fourth-order valence-corrected chi connectivity index (χ4v) is 4.08. The van der Waals surface area contributed by atoms with Crippen molar-refractivity contribution in [1.82, 2.24) is 19.3 Å². The zero-order valence-electron chi connectivity index (χ0n) is 17.9. The van der Waals surface area contributed by atoms with Crippen LogP contribution in [-0.4, -0.2) is 70.8 Å². The molecule has 4 heterocycles. The van der Waals surface area contributed by atoms with Crippen LogP contribution in [0.5, 0.6) is 5.75 Å². The van der Waals surface area contributed by atoms with Crippen LogP contribution in [0.2, 0.25) is 0 Å². The Bertz CT molecular complexity index is 1220. The van der Waals surface area contributed by atoms with Gasteiger partial charge in [0.25, 0.3) is 0 Å². The van der Waals surface area contributed by atoms with Crippen molar-refractivity contribution in [3.8, 4) is 17.1 Å². The second kappa shape index (κ2) is 8.17. The number of para-hydroxylation sites is 1. The van der Waals surface area contributed by atoms with Crippen LogP contribution in [0.4, 0.5) is 5.69 Å². The molecule has 1 aromatic carbocycles. The molecule has 0 aliphatic carbocycles. The van der Waals surface area contributed by atoms with E-state index >= 15 is 0 Å². The van der Waals surface area contributed by atoms with Gasteiger partial charge in [0.2, 0.25) is 0 Å². The summed E-state index contributed by atoms with van der Waals surface area (Å²) >= 11 is 0. The molecule has 1 fully saturated rings. The molecule has 0 spiro atoms. The fraction of sp³-hybridized carbons (Fsp3) is 0.333. The maximum Gasteiger partial charge on any atom is 0.140 e. The molecule has 5 rings (SSSR count). The molecule has 1 atom stereocenters. The van der Waals surface area contributed by atoms with Gasteiger partial charge in [-0.3, -0.25) is 4.40 Å². The van der Waals surface area contributed by atoms with Gasteiger partial charge in [0.1, 0.15) is 18.0 Å². The molecule has 1 N–H and O–H groups in total. The minimum absolute atomic E-state index is 0.272. The summed E-state index contributed by atoms with van der Waals surface area (Å²) in [7, 11) is 4.06. The molecule has 0 radical (unpaired) electrons. The maximum atomic E-state index is 9.97. The molecule has 160 valence electrons. The van der Waals surface area contributed by atoms with Gasteiger partial charge in [0.05, 0.1) is 34.9 Å². The van der Waals surface area contributed by atoms with Gasteiger partial charge in [-0.15, -0.1) is 0 Å². The van der Waals surface area contributed by atoms with Gasteiger partial charge in [0, 0.05) is 37.3 Å². The number of benzene rings is 1. The number of β-amino-alcohol motifs (C(OH)–C–C–N with tert-alkyl or cyclic N) is 1. The SMILES string of the molecule is CN(C)CCOc1ccn2c(-c3ccc4cccc(N5CCC(O)C5)c4n3)cnc2c1. The Morgan fingerprint density at radius 2 is 2.10 bits per heavy atom. The second-order valence-electron chi connectivity index (χ2n) is 8.32. The molecule has 7 heteroatoms. The number of pyridine rings is 2. The largest absolute Gasteiger partial charge is 0.492 e. The predicted octanol–water partition coefficient (Wildman–Crippen LogP) is 3.06. The van der Waals surface area contributed by atoms with Gasteiger partial charge < -0.3 is 19.6 Å². The fourth-order valence-electron chi connectivity index (χ4n) is 4.08. The van der Waals surface area contributed by atoms with Gasteiger partial charge in [-0.1, -0.05) is 18.2 Å². The summed E-state index contributed by atoms with van der Waals surface area (Å²) in [6.45, 7) is 2.99. The lowest BCUT2D eigenvalue weighted by Crippen LogP contribution is -2.21. The van der Waals surface area contributed by atoms with Gasteiger partial charge >= 0.3 is 0 Å². The number of rotatable bonds is 6. The zero-order valence-corrected chi connectivity index (χ0v) is 17.9. The lowest BCUT2D eigenvalue weighted by atomic mass is 10.1. The number of anilines is 1. The van der Waals surface area contributed by atoms with Crippen LogP contribution in [0.3, 0.4) is 0 Å². The van der Waals surface area contributed by atoms with Crippen LogP contribution in [-0.2, 0) is 0 Å². The van der Waals surface area contributed by atoms with E-state index in [4.69, 9.17) is 9.72 Å². The van der Waals surface area contributed by atoms with Crippen LogP contribution in [0.25, 0.3) is 27.9 Å². The molecule has 1 aliphatic rings. The van der Waals surface area contributed by atoms with Crippen LogP contribution in [0.1, 0.15) is 6.42 Å². The Labute approximate surface area is 181 Å². The average Bonchev–Trinajstić information content (AvgIpc) is 3.38. The minimum atomic E-state index is -0.272. The lowest BCUT2D eigenvalue weighted by Gasteiger charge is -2.19. The van der Waals surface area contributed by atoms with E-state index in [1.807, 2.05) is 49.1 Å². The van der Waals surface area contributed by atoms with Crippen molar-refractivity contribution < 1.29 is 9.84 Å².